The van der Waals surface area contributed by atoms with Crippen molar-refractivity contribution in [1.82, 2.24) is 8.87 Å². The molecule has 0 N–H and O–H groups in total. The highest BCUT2D eigenvalue weighted by Gasteiger charge is 2.32. The molecule has 0 spiro atoms. The number of oxazole rings is 1. The smallest absolute Gasteiger partial charge is 0.408 e. The molecule has 0 saturated carbocycles. The third-order valence-corrected chi connectivity index (χ3v) is 6.06. The number of fused-ring (bicyclic) bond motifs is 1. The van der Waals surface area contributed by atoms with E-state index in [0.717, 1.165) is 6.42 Å². The van der Waals surface area contributed by atoms with Crippen LogP contribution in [-0.2, 0) is 17.1 Å². The fourth-order valence-electron chi connectivity index (χ4n) is 3.23. The quantitative estimate of drug-likeness (QED) is 0.844. The van der Waals surface area contributed by atoms with Gasteiger partial charge >= 0.3 is 5.76 Å². The van der Waals surface area contributed by atoms with E-state index in [9.17, 15) is 13.2 Å². The molecule has 1 aromatic heterocycles. The van der Waals surface area contributed by atoms with Gasteiger partial charge in [-0.05, 0) is 30.4 Å². The minimum atomic E-state index is -3.56. The highest BCUT2D eigenvalue weighted by atomic mass is 32.2. The highest BCUT2D eigenvalue weighted by molar-refractivity contribution is 7.89. The van der Waals surface area contributed by atoms with Gasteiger partial charge in [-0.2, -0.15) is 4.31 Å². The number of hydrogen-bond acceptors (Lipinski definition) is 4. The van der Waals surface area contributed by atoms with Crippen LogP contribution < -0.4 is 5.76 Å². The summed E-state index contributed by atoms with van der Waals surface area (Å²) in [6.07, 6.45) is 1.04. The molecule has 6 nitrogen and oxygen atoms in total. The molecule has 2 heterocycles. The molecule has 120 valence electrons. The van der Waals surface area contributed by atoms with Crippen LogP contribution in [0.4, 0.5) is 0 Å². The molecule has 0 bridgehead atoms. The number of nitrogens with zero attached hydrogens (tertiary/aromatic N) is 2. The van der Waals surface area contributed by atoms with E-state index < -0.39 is 15.8 Å². The third kappa shape index (κ3) is 2.48. The Morgan fingerprint density at radius 3 is 2.45 bits per heavy atom. The zero-order valence-electron chi connectivity index (χ0n) is 12.9. The second kappa shape index (κ2) is 5.24. The van der Waals surface area contributed by atoms with Crippen molar-refractivity contribution in [3.05, 3.63) is 28.7 Å². The number of hydrogen-bond donors (Lipinski definition) is 0. The maximum Gasteiger partial charge on any atom is 0.419 e. The fourth-order valence-corrected chi connectivity index (χ4v) is 4.92. The van der Waals surface area contributed by atoms with Crippen LogP contribution in [0.15, 0.2) is 32.3 Å². The molecule has 1 aliphatic heterocycles. The first-order valence-corrected chi connectivity index (χ1v) is 8.83. The predicted octanol–water partition coefficient (Wildman–Crippen LogP) is 1.80. The molecule has 7 heteroatoms. The van der Waals surface area contributed by atoms with Crippen LogP contribution in [0.1, 0.15) is 20.3 Å². The van der Waals surface area contributed by atoms with Crippen molar-refractivity contribution in [3.8, 4) is 0 Å². The molecule has 3 rings (SSSR count). The molecule has 2 aromatic rings. The molecule has 2 atom stereocenters. The molecule has 1 fully saturated rings. The number of piperidine rings is 1. The topological polar surface area (TPSA) is 72.5 Å². The summed E-state index contributed by atoms with van der Waals surface area (Å²) < 4.78 is 33.6. The fraction of sp³-hybridized carbons (Fsp3) is 0.533. The lowest BCUT2D eigenvalue weighted by Gasteiger charge is -2.34. The summed E-state index contributed by atoms with van der Waals surface area (Å²) >= 11 is 0. The second-order valence-corrected chi connectivity index (χ2v) is 8.26. The number of sulfonamides is 1. The maximum absolute atomic E-state index is 12.8. The van der Waals surface area contributed by atoms with Gasteiger partial charge in [0.2, 0.25) is 10.0 Å². The van der Waals surface area contributed by atoms with E-state index in [-0.39, 0.29) is 4.90 Å². The number of aromatic nitrogens is 1. The van der Waals surface area contributed by atoms with E-state index in [2.05, 4.69) is 13.8 Å². The van der Waals surface area contributed by atoms with Gasteiger partial charge in [-0.15, -0.1) is 0 Å². The Kier molecular flexibility index (Phi) is 3.65. The van der Waals surface area contributed by atoms with Crippen molar-refractivity contribution in [2.75, 3.05) is 13.1 Å². The first-order valence-electron chi connectivity index (χ1n) is 7.39. The Balaban J connectivity index is 2.03. The molecule has 0 radical (unpaired) electrons. The standard InChI is InChI=1S/C15H20N2O4S/c1-10-6-11(2)9-17(8-10)22(19,20)12-4-5-13-14(7-12)21-15(18)16(13)3/h4-5,7,10-11H,6,8-9H2,1-3H3/t10-,11-/m1/s1. The number of rotatable bonds is 2. The average molecular weight is 324 g/mol. The van der Waals surface area contributed by atoms with Crippen molar-refractivity contribution < 1.29 is 12.8 Å². The van der Waals surface area contributed by atoms with E-state index in [4.69, 9.17) is 4.42 Å². The molecule has 1 aliphatic rings. The van der Waals surface area contributed by atoms with Gasteiger partial charge in [0.05, 0.1) is 10.4 Å². The van der Waals surface area contributed by atoms with Gasteiger partial charge in [0.1, 0.15) is 0 Å². The van der Waals surface area contributed by atoms with Crippen LogP contribution in [0.3, 0.4) is 0 Å². The number of aryl methyl sites for hydroxylation is 1. The van der Waals surface area contributed by atoms with Gasteiger partial charge in [-0.3, -0.25) is 4.57 Å². The van der Waals surface area contributed by atoms with E-state index in [1.165, 1.54) is 21.0 Å². The van der Waals surface area contributed by atoms with Crippen molar-refractivity contribution in [3.63, 3.8) is 0 Å². The third-order valence-electron chi connectivity index (χ3n) is 4.24. The van der Waals surface area contributed by atoms with Gasteiger partial charge in [-0.1, -0.05) is 13.8 Å². The largest absolute Gasteiger partial charge is 0.419 e. The van der Waals surface area contributed by atoms with Crippen LogP contribution in [-0.4, -0.2) is 30.4 Å². The summed E-state index contributed by atoms with van der Waals surface area (Å²) in [6.45, 7) is 5.20. The molecular weight excluding hydrogens is 304 g/mol. The molecule has 1 saturated heterocycles. The Morgan fingerprint density at radius 1 is 1.18 bits per heavy atom. The molecule has 0 unspecified atom stereocenters. The Bertz CT molecular complexity index is 855. The first-order chi connectivity index (χ1) is 10.3. The highest BCUT2D eigenvalue weighted by Crippen LogP contribution is 2.28. The van der Waals surface area contributed by atoms with Crippen molar-refractivity contribution in [2.24, 2.45) is 18.9 Å². The van der Waals surface area contributed by atoms with Crippen LogP contribution in [0.2, 0.25) is 0 Å². The van der Waals surface area contributed by atoms with Crippen LogP contribution in [0, 0.1) is 11.8 Å². The summed E-state index contributed by atoms with van der Waals surface area (Å²) in [4.78, 5) is 11.7. The molecule has 0 aliphatic carbocycles. The Morgan fingerprint density at radius 2 is 1.82 bits per heavy atom. The zero-order valence-corrected chi connectivity index (χ0v) is 13.8. The minimum Gasteiger partial charge on any atom is -0.408 e. The summed E-state index contributed by atoms with van der Waals surface area (Å²) in [5.74, 6) is 0.193. The van der Waals surface area contributed by atoms with Crippen LogP contribution in [0.25, 0.3) is 11.1 Å². The zero-order chi connectivity index (χ0) is 16.1. The Hall–Kier alpha value is -1.60. The lowest BCUT2D eigenvalue weighted by Crippen LogP contribution is -2.42. The van der Waals surface area contributed by atoms with Gasteiger partial charge in [0.25, 0.3) is 0 Å². The predicted molar refractivity (Wildman–Crippen MR) is 83.2 cm³/mol. The molecule has 0 amide bonds. The normalized spacial score (nSPS) is 24.0. The average Bonchev–Trinajstić information content (AvgIpc) is 2.72. The van der Waals surface area contributed by atoms with Crippen molar-refractivity contribution in [2.45, 2.75) is 25.2 Å². The number of benzene rings is 1. The van der Waals surface area contributed by atoms with E-state index >= 15 is 0 Å². The minimum absolute atomic E-state index is 0.177. The van der Waals surface area contributed by atoms with Gasteiger partial charge in [-0.25, -0.2) is 13.2 Å². The van der Waals surface area contributed by atoms with Gasteiger partial charge < -0.3 is 4.42 Å². The SMILES string of the molecule is C[C@@H]1C[C@@H](C)CN(S(=O)(=O)c2ccc3c(c2)oc(=O)n3C)C1. The lowest BCUT2D eigenvalue weighted by atomic mass is 9.94. The van der Waals surface area contributed by atoms with Crippen LogP contribution >= 0.6 is 0 Å². The summed E-state index contributed by atoms with van der Waals surface area (Å²) in [7, 11) is -1.97. The maximum atomic E-state index is 12.8. The Labute approximate surface area is 129 Å². The summed E-state index contributed by atoms with van der Waals surface area (Å²) in [6, 6.07) is 4.59. The first kappa shape index (κ1) is 15.3. The second-order valence-electron chi connectivity index (χ2n) is 6.32. The van der Waals surface area contributed by atoms with E-state index in [1.807, 2.05) is 0 Å². The van der Waals surface area contributed by atoms with Gasteiger partial charge in [0, 0.05) is 26.2 Å². The van der Waals surface area contributed by atoms with Gasteiger partial charge in [0.15, 0.2) is 5.58 Å². The molecule has 22 heavy (non-hydrogen) atoms. The lowest BCUT2D eigenvalue weighted by molar-refractivity contribution is 0.222. The monoisotopic (exact) mass is 324 g/mol. The molecule has 1 aromatic carbocycles. The summed E-state index contributed by atoms with van der Waals surface area (Å²) in [5.41, 5.74) is 0.885. The molecular formula is C15H20N2O4S. The summed E-state index contributed by atoms with van der Waals surface area (Å²) in [5, 5.41) is 0. The van der Waals surface area contributed by atoms with Crippen molar-refractivity contribution in [1.29, 1.82) is 0 Å². The van der Waals surface area contributed by atoms with Crippen LogP contribution in [0.5, 0.6) is 0 Å². The van der Waals surface area contributed by atoms with E-state index in [0.29, 0.717) is 36.0 Å². The van der Waals surface area contributed by atoms with Crippen molar-refractivity contribution >= 4 is 21.1 Å². The van der Waals surface area contributed by atoms with E-state index in [1.54, 1.807) is 13.1 Å².